The second-order valence-electron chi connectivity index (χ2n) is 6.82. The number of nitrogen functional groups attached to an aromatic ring is 1. The van der Waals surface area contributed by atoms with Crippen LogP contribution in [-0.2, 0) is 19.6 Å². The van der Waals surface area contributed by atoms with E-state index in [1.165, 1.54) is 6.92 Å². The van der Waals surface area contributed by atoms with E-state index in [0.29, 0.717) is 37.2 Å². The third-order valence-corrected chi connectivity index (χ3v) is 6.45. The summed E-state index contributed by atoms with van der Waals surface area (Å²) in [6.07, 6.45) is 1.63. The molecular weight excluding hydrogens is 412 g/mol. The van der Waals surface area contributed by atoms with Gasteiger partial charge in [-0.05, 0) is 50.5 Å². The molecular formula is C19H30N4O6S. The zero-order valence-corrected chi connectivity index (χ0v) is 18.0. The number of nitrogens with two attached hydrogens (primary N) is 1. The van der Waals surface area contributed by atoms with Gasteiger partial charge < -0.3 is 20.9 Å². The Labute approximate surface area is 176 Å². The molecule has 11 heteroatoms. The molecule has 0 fully saturated rings. The topological polar surface area (TPSA) is 172 Å². The van der Waals surface area contributed by atoms with Gasteiger partial charge in [0.25, 0.3) is 0 Å². The standard InChI is InChI=1S/C19H30N4O6S/c1-3-13(2)30(27,28)23-16(19(25)26)12-22-17(24)6-4-5-11-29-15-9-7-14(8-10-15)18(20)21/h7-10,13,16,23H,3-6,11-12H2,1-2H3,(H3,20,21)(H,22,24)(H,25,26)/t13?,16-/m0/s1. The molecule has 0 aliphatic carbocycles. The van der Waals surface area contributed by atoms with Gasteiger partial charge in [-0.2, -0.15) is 4.72 Å². The van der Waals surface area contributed by atoms with Gasteiger partial charge >= 0.3 is 5.97 Å². The van der Waals surface area contributed by atoms with Crippen molar-refractivity contribution in [1.29, 1.82) is 5.41 Å². The minimum Gasteiger partial charge on any atom is -0.494 e. The Kier molecular flexibility index (Phi) is 10.3. The van der Waals surface area contributed by atoms with Gasteiger partial charge in [-0.1, -0.05) is 6.92 Å². The maximum atomic E-state index is 12.0. The van der Waals surface area contributed by atoms with E-state index in [4.69, 9.17) is 15.9 Å². The molecule has 0 aliphatic heterocycles. The van der Waals surface area contributed by atoms with E-state index < -0.39 is 27.3 Å². The number of amides is 1. The van der Waals surface area contributed by atoms with Crippen LogP contribution < -0.4 is 20.5 Å². The number of aliphatic carboxylic acids is 1. The highest BCUT2D eigenvalue weighted by atomic mass is 32.2. The molecule has 0 aliphatic rings. The molecule has 0 spiro atoms. The Morgan fingerprint density at radius 3 is 2.40 bits per heavy atom. The molecule has 168 valence electrons. The van der Waals surface area contributed by atoms with Gasteiger partial charge in [0.1, 0.15) is 17.6 Å². The summed E-state index contributed by atoms with van der Waals surface area (Å²) in [5.41, 5.74) is 5.98. The number of hydrogen-bond acceptors (Lipinski definition) is 6. The van der Waals surface area contributed by atoms with E-state index >= 15 is 0 Å². The molecule has 0 heterocycles. The largest absolute Gasteiger partial charge is 0.494 e. The van der Waals surface area contributed by atoms with Crippen molar-refractivity contribution in [3.63, 3.8) is 0 Å². The molecule has 30 heavy (non-hydrogen) atoms. The Morgan fingerprint density at radius 1 is 1.23 bits per heavy atom. The van der Waals surface area contributed by atoms with E-state index in [-0.39, 0.29) is 24.7 Å². The molecule has 1 rings (SSSR count). The summed E-state index contributed by atoms with van der Waals surface area (Å²) in [6, 6.07) is 5.35. The highest BCUT2D eigenvalue weighted by Crippen LogP contribution is 2.12. The molecule has 10 nitrogen and oxygen atoms in total. The number of carboxylic acid groups (broad SMARTS) is 1. The number of hydrogen-bond donors (Lipinski definition) is 5. The number of rotatable bonds is 14. The average Bonchev–Trinajstić information content (AvgIpc) is 2.70. The molecule has 0 saturated carbocycles. The number of carbonyl (C=O) groups excluding carboxylic acids is 1. The minimum absolute atomic E-state index is 0.0228. The lowest BCUT2D eigenvalue weighted by Crippen LogP contribution is -2.50. The number of nitrogens with one attached hydrogen (secondary N) is 3. The van der Waals surface area contributed by atoms with Gasteiger partial charge in [0, 0.05) is 18.5 Å². The van der Waals surface area contributed by atoms with Crippen LogP contribution >= 0.6 is 0 Å². The Hall–Kier alpha value is -2.66. The SMILES string of the molecule is CCC(C)S(=O)(=O)N[C@@H](CNC(=O)CCCCOc1ccc(C(=N)N)cc1)C(=O)O. The van der Waals surface area contributed by atoms with Crippen LogP contribution in [0.3, 0.4) is 0 Å². The Morgan fingerprint density at radius 2 is 1.87 bits per heavy atom. The molecule has 6 N–H and O–H groups in total. The lowest BCUT2D eigenvalue weighted by molar-refractivity contribution is -0.138. The lowest BCUT2D eigenvalue weighted by atomic mass is 10.2. The number of carbonyl (C=O) groups is 2. The predicted octanol–water partition coefficient (Wildman–Crippen LogP) is 0.807. The smallest absolute Gasteiger partial charge is 0.323 e. The van der Waals surface area contributed by atoms with Crippen LogP contribution in [0.5, 0.6) is 5.75 Å². The first-order chi connectivity index (χ1) is 14.1. The fourth-order valence-corrected chi connectivity index (χ4v) is 3.58. The predicted molar refractivity (Wildman–Crippen MR) is 113 cm³/mol. The van der Waals surface area contributed by atoms with Crippen LogP contribution in [0, 0.1) is 5.41 Å². The van der Waals surface area contributed by atoms with Gasteiger partial charge in [-0.3, -0.25) is 15.0 Å². The summed E-state index contributed by atoms with van der Waals surface area (Å²) >= 11 is 0. The lowest BCUT2D eigenvalue weighted by Gasteiger charge is -2.18. The highest BCUT2D eigenvalue weighted by Gasteiger charge is 2.27. The molecule has 1 unspecified atom stereocenters. The summed E-state index contributed by atoms with van der Waals surface area (Å²) < 4.78 is 31.7. The maximum Gasteiger partial charge on any atom is 0.323 e. The van der Waals surface area contributed by atoms with Gasteiger partial charge in [0.05, 0.1) is 11.9 Å². The highest BCUT2D eigenvalue weighted by molar-refractivity contribution is 7.90. The van der Waals surface area contributed by atoms with Crippen LogP contribution in [-0.4, -0.2) is 55.7 Å². The van der Waals surface area contributed by atoms with Crippen molar-refractivity contribution in [1.82, 2.24) is 10.0 Å². The van der Waals surface area contributed by atoms with Crippen molar-refractivity contribution in [3.05, 3.63) is 29.8 Å². The molecule has 0 bridgehead atoms. The maximum absolute atomic E-state index is 12.0. The normalized spacial score (nSPS) is 13.3. The van der Waals surface area contributed by atoms with Crippen molar-refractivity contribution < 1.29 is 27.9 Å². The first-order valence-electron chi connectivity index (χ1n) is 9.64. The molecule has 0 saturated heterocycles. The zero-order chi connectivity index (χ0) is 22.7. The van der Waals surface area contributed by atoms with Gasteiger partial charge in [-0.25, -0.2) is 8.42 Å². The zero-order valence-electron chi connectivity index (χ0n) is 17.2. The fourth-order valence-electron chi connectivity index (χ4n) is 2.33. The second-order valence-corrected chi connectivity index (χ2v) is 8.95. The molecule has 0 radical (unpaired) electrons. The average molecular weight is 443 g/mol. The van der Waals surface area contributed by atoms with Gasteiger partial charge in [0.2, 0.25) is 15.9 Å². The third kappa shape index (κ3) is 8.78. The molecule has 1 amide bonds. The van der Waals surface area contributed by atoms with E-state index in [1.54, 1.807) is 31.2 Å². The first kappa shape index (κ1) is 25.4. The number of unbranched alkanes of at least 4 members (excludes halogenated alkanes) is 1. The van der Waals surface area contributed by atoms with E-state index in [9.17, 15) is 23.1 Å². The van der Waals surface area contributed by atoms with E-state index in [2.05, 4.69) is 10.0 Å². The Bertz CT molecular complexity index is 826. The van der Waals surface area contributed by atoms with Crippen LogP contribution in [0.2, 0.25) is 0 Å². The fraction of sp³-hybridized carbons (Fsp3) is 0.526. The van der Waals surface area contributed by atoms with Crippen LogP contribution in [0.15, 0.2) is 24.3 Å². The van der Waals surface area contributed by atoms with Crippen molar-refractivity contribution in [2.75, 3.05) is 13.2 Å². The summed E-state index contributed by atoms with van der Waals surface area (Å²) in [7, 11) is -3.78. The van der Waals surface area contributed by atoms with Crippen LogP contribution in [0.25, 0.3) is 0 Å². The van der Waals surface area contributed by atoms with Crippen molar-refractivity contribution >= 4 is 27.7 Å². The van der Waals surface area contributed by atoms with Crippen LogP contribution in [0.1, 0.15) is 45.1 Å². The summed E-state index contributed by atoms with van der Waals surface area (Å²) in [6.45, 7) is 3.23. The van der Waals surface area contributed by atoms with Crippen LogP contribution in [0.4, 0.5) is 0 Å². The Balaban J connectivity index is 2.32. The number of amidine groups is 1. The van der Waals surface area contributed by atoms with Gasteiger partial charge in [0.15, 0.2) is 0 Å². The van der Waals surface area contributed by atoms with Crippen molar-refractivity contribution in [2.24, 2.45) is 5.73 Å². The number of benzene rings is 1. The molecule has 1 aromatic rings. The number of ether oxygens (including phenoxy) is 1. The summed E-state index contributed by atoms with van der Waals surface area (Å²) in [5, 5.41) is 18.2. The van der Waals surface area contributed by atoms with E-state index in [1.807, 2.05) is 0 Å². The number of carboxylic acids is 1. The van der Waals surface area contributed by atoms with Crippen molar-refractivity contribution in [3.8, 4) is 5.75 Å². The second kappa shape index (κ2) is 12.1. The summed E-state index contributed by atoms with van der Waals surface area (Å²) in [5.74, 6) is -1.12. The quantitative estimate of drug-likeness (QED) is 0.161. The number of sulfonamides is 1. The van der Waals surface area contributed by atoms with Gasteiger partial charge in [-0.15, -0.1) is 0 Å². The van der Waals surface area contributed by atoms with E-state index in [0.717, 1.165) is 0 Å². The minimum atomic E-state index is -3.78. The first-order valence-corrected chi connectivity index (χ1v) is 11.2. The molecule has 1 aromatic carbocycles. The third-order valence-electron chi connectivity index (χ3n) is 4.44. The summed E-state index contributed by atoms with van der Waals surface area (Å²) in [4.78, 5) is 23.2. The molecule has 0 aromatic heterocycles. The monoisotopic (exact) mass is 442 g/mol. The molecule has 2 atom stereocenters. The van der Waals surface area contributed by atoms with Crippen molar-refractivity contribution in [2.45, 2.75) is 50.8 Å².